The van der Waals surface area contributed by atoms with Crippen molar-refractivity contribution in [1.29, 1.82) is 5.26 Å². The van der Waals surface area contributed by atoms with Crippen LogP contribution in [0.1, 0.15) is 72.2 Å². The number of hydrogen-bond donors (Lipinski definition) is 3. The Bertz CT molecular complexity index is 1720. The normalized spacial score (nSPS) is 17.5. The second-order valence-corrected chi connectivity index (χ2v) is 11.7. The Labute approximate surface area is 253 Å². The van der Waals surface area contributed by atoms with Gasteiger partial charge in [0.15, 0.2) is 17.2 Å². The number of nitrogens with zero attached hydrogens (tertiary/aromatic N) is 5. The maximum absolute atomic E-state index is 14.4. The van der Waals surface area contributed by atoms with E-state index >= 15 is 0 Å². The second-order valence-electron chi connectivity index (χ2n) is 11.7. The van der Waals surface area contributed by atoms with Crippen LogP contribution in [0, 0.1) is 23.1 Å². The molecule has 1 aliphatic carbocycles. The van der Waals surface area contributed by atoms with Gasteiger partial charge in [-0.3, -0.25) is 9.59 Å². The van der Waals surface area contributed by atoms with Gasteiger partial charge in [0, 0.05) is 36.3 Å². The molecule has 4 aromatic rings. The van der Waals surface area contributed by atoms with E-state index in [2.05, 4.69) is 25.7 Å². The number of pyridine rings is 2. The monoisotopic (exact) mass is 601 g/mol. The summed E-state index contributed by atoms with van der Waals surface area (Å²) in [5, 5.41) is 30.1. The summed E-state index contributed by atoms with van der Waals surface area (Å²) in [4.78, 5) is 34.7. The van der Waals surface area contributed by atoms with E-state index in [1.54, 1.807) is 30.5 Å². The Morgan fingerprint density at radius 1 is 1.11 bits per heavy atom. The van der Waals surface area contributed by atoms with E-state index in [4.69, 9.17) is 0 Å². The van der Waals surface area contributed by atoms with E-state index in [-0.39, 0.29) is 41.8 Å². The molecule has 3 heterocycles. The van der Waals surface area contributed by atoms with Crippen LogP contribution in [0.5, 0.6) is 0 Å². The first-order chi connectivity index (χ1) is 21.0. The summed E-state index contributed by atoms with van der Waals surface area (Å²) in [7, 11) is 0. The number of benzene rings is 1. The number of nitrogens with one attached hydrogen (secondary N) is 2. The molecule has 0 radical (unpaired) electrons. The third kappa shape index (κ3) is 6.89. The standard InChI is InChI=1S/C32H33F2N7O3/c1-32(2,44)28(34)18-38-31(43)24-17-36-29(41-30-21(16-39-41)11-20(14-35)15-37-30)13-26(24)40-22-9-7-19(8-10-22)12-27(42)23-5-3-4-6-25(23)33/h3-6,11,13,15-17,19,22,28,44H,7-10,12,18H2,1-2H3,(H,36,40)(H,38,43)/t19?,22?,28-/m1/s1. The van der Waals surface area contributed by atoms with Crippen LogP contribution in [0.15, 0.2) is 55.0 Å². The molecule has 44 heavy (non-hydrogen) atoms. The highest BCUT2D eigenvalue weighted by atomic mass is 19.1. The molecule has 1 saturated carbocycles. The predicted molar refractivity (Wildman–Crippen MR) is 160 cm³/mol. The van der Waals surface area contributed by atoms with Crippen molar-refractivity contribution < 1.29 is 23.5 Å². The minimum absolute atomic E-state index is 0.0346. The number of anilines is 1. The van der Waals surface area contributed by atoms with Crippen LogP contribution in [-0.4, -0.2) is 60.9 Å². The average Bonchev–Trinajstić information content (AvgIpc) is 3.43. The lowest BCUT2D eigenvalue weighted by Gasteiger charge is -2.30. The summed E-state index contributed by atoms with van der Waals surface area (Å²) in [5.41, 5.74) is -0.00757. The van der Waals surface area contributed by atoms with Gasteiger partial charge in [0.1, 0.15) is 18.1 Å². The van der Waals surface area contributed by atoms with Gasteiger partial charge in [0.25, 0.3) is 5.91 Å². The number of carbonyl (C=O) groups is 2. The molecule has 3 N–H and O–H groups in total. The molecule has 1 atom stereocenters. The van der Waals surface area contributed by atoms with Crippen LogP contribution < -0.4 is 10.6 Å². The molecule has 0 spiro atoms. The molecule has 228 valence electrons. The Balaban J connectivity index is 1.34. The third-order valence-corrected chi connectivity index (χ3v) is 7.95. The SMILES string of the molecule is CC(C)(O)[C@H](F)CNC(=O)c1cnc(-n2ncc3cc(C#N)cnc32)cc1NC1CCC(CC(=O)c2ccccc2F)CC1. The van der Waals surface area contributed by atoms with Crippen molar-refractivity contribution in [2.24, 2.45) is 5.92 Å². The van der Waals surface area contributed by atoms with Gasteiger partial charge in [0.05, 0.1) is 40.7 Å². The Morgan fingerprint density at radius 2 is 1.86 bits per heavy atom. The Kier molecular flexibility index (Phi) is 8.96. The molecule has 0 aliphatic heterocycles. The van der Waals surface area contributed by atoms with E-state index in [0.717, 1.165) is 12.8 Å². The summed E-state index contributed by atoms with van der Waals surface area (Å²) in [6, 6.07) is 11.3. The minimum atomic E-state index is -1.68. The van der Waals surface area contributed by atoms with Crippen LogP contribution in [0.2, 0.25) is 0 Å². The number of ketones is 1. The predicted octanol–water partition coefficient (Wildman–Crippen LogP) is 4.91. The first kappa shape index (κ1) is 30.7. The molecule has 1 amide bonds. The zero-order valence-corrected chi connectivity index (χ0v) is 24.4. The molecule has 1 aliphatic rings. The van der Waals surface area contributed by atoms with Gasteiger partial charge in [-0.15, -0.1) is 0 Å². The van der Waals surface area contributed by atoms with Crippen LogP contribution in [0.3, 0.4) is 0 Å². The highest BCUT2D eigenvalue weighted by molar-refractivity contribution is 5.99. The number of carbonyl (C=O) groups excluding carboxylic acids is 2. The van der Waals surface area contributed by atoms with Crippen LogP contribution in [0.4, 0.5) is 14.5 Å². The molecule has 3 aromatic heterocycles. The molecular formula is C32H33F2N7O3. The number of fused-ring (bicyclic) bond motifs is 1. The summed E-state index contributed by atoms with van der Waals surface area (Å²) >= 11 is 0. The third-order valence-electron chi connectivity index (χ3n) is 7.95. The number of aromatic nitrogens is 4. The van der Waals surface area contributed by atoms with Crippen molar-refractivity contribution >= 4 is 28.4 Å². The highest BCUT2D eigenvalue weighted by Gasteiger charge is 2.29. The summed E-state index contributed by atoms with van der Waals surface area (Å²) < 4.78 is 30.0. The van der Waals surface area contributed by atoms with Crippen LogP contribution in [0.25, 0.3) is 16.9 Å². The fourth-order valence-electron chi connectivity index (χ4n) is 5.33. The highest BCUT2D eigenvalue weighted by Crippen LogP contribution is 2.31. The van der Waals surface area contributed by atoms with E-state index in [1.165, 1.54) is 43.1 Å². The number of aliphatic hydroxyl groups is 1. The molecule has 0 unspecified atom stereocenters. The van der Waals surface area contributed by atoms with Gasteiger partial charge < -0.3 is 15.7 Å². The fraction of sp³-hybridized carbons (Fsp3) is 0.375. The molecule has 10 nitrogen and oxygen atoms in total. The number of halogens is 2. The molecule has 1 aromatic carbocycles. The fourth-order valence-corrected chi connectivity index (χ4v) is 5.33. The lowest BCUT2D eigenvalue weighted by atomic mass is 9.82. The van der Waals surface area contributed by atoms with Gasteiger partial charge in [0.2, 0.25) is 0 Å². The van der Waals surface area contributed by atoms with Crippen molar-refractivity contribution in [3.8, 4) is 11.9 Å². The molecular weight excluding hydrogens is 568 g/mol. The van der Waals surface area contributed by atoms with E-state index < -0.39 is 23.5 Å². The lowest BCUT2D eigenvalue weighted by Crippen LogP contribution is -2.42. The van der Waals surface area contributed by atoms with Gasteiger partial charge in [-0.2, -0.15) is 15.0 Å². The Morgan fingerprint density at radius 3 is 2.57 bits per heavy atom. The van der Waals surface area contributed by atoms with Crippen molar-refractivity contribution in [3.05, 3.63) is 77.5 Å². The summed E-state index contributed by atoms with van der Waals surface area (Å²) in [5.74, 6) is -0.806. The van der Waals surface area contributed by atoms with Gasteiger partial charge in [-0.25, -0.2) is 18.7 Å². The smallest absolute Gasteiger partial charge is 0.255 e. The average molecular weight is 602 g/mol. The van der Waals surface area contributed by atoms with E-state index in [0.29, 0.717) is 40.9 Å². The van der Waals surface area contributed by atoms with Crippen molar-refractivity contribution in [3.63, 3.8) is 0 Å². The molecule has 1 fully saturated rings. The molecule has 0 saturated heterocycles. The zero-order chi connectivity index (χ0) is 31.4. The van der Waals surface area contributed by atoms with Crippen LogP contribution >= 0.6 is 0 Å². The first-order valence-corrected chi connectivity index (χ1v) is 14.5. The van der Waals surface area contributed by atoms with Crippen molar-refractivity contribution in [1.82, 2.24) is 25.1 Å². The number of nitriles is 1. The maximum Gasteiger partial charge on any atom is 0.255 e. The topological polar surface area (TPSA) is 146 Å². The quantitative estimate of drug-likeness (QED) is 0.218. The lowest BCUT2D eigenvalue weighted by molar-refractivity contribution is -0.00178. The number of rotatable bonds is 10. The Hall–Kier alpha value is -4.76. The largest absolute Gasteiger partial charge is 0.387 e. The summed E-state index contributed by atoms with van der Waals surface area (Å²) in [6.45, 7) is 2.27. The summed E-state index contributed by atoms with van der Waals surface area (Å²) in [6.07, 6.45) is 5.86. The van der Waals surface area contributed by atoms with E-state index in [9.17, 15) is 28.7 Å². The van der Waals surface area contributed by atoms with Gasteiger partial charge in [-0.1, -0.05) is 12.1 Å². The number of alkyl halides is 1. The number of Topliss-reactive ketones (excluding diaryl/α,β-unsaturated/α-hetero) is 1. The molecule has 5 rings (SSSR count). The van der Waals surface area contributed by atoms with Crippen molar-refractivity contribution in [2.45, 2.75) is 63.8 Å². The van der Waals surface area contributed by atoms with Gasteiger partial charge in [-0.05, 0) is 63.6 Å². The number of hydrogen-bond acceptors (Lipinski definition) is 8. The minimum Gasteiger partial charge on any atom is -0.387 e. The van der Waals surface area contributed by atoms with Gasteiger partial charge >= 0.3 is 0 Å². The second kappa shape index (κ2) is 12.9. The first-order valence-electron chi connectivity index (χ1n) is 14.5. The van der Waals surface area contributed by atoms with Crippen molar-refractivity contribution in [2.75, 3.05) is 11.9 Å². The molecule has 0 bridgehead atoms. The maximum atomic E-state index is 14.4. The number of amides is 1. The molecule has 12 heteroatoms. The zero-order valence-electron chi connectivity index (χ0n) is 24.4. The van der Waals surface area contributed by atoms with E-state index in [1.807, 2.05) is 6.07 Å². The van der Waals surface area contributed by atoms with Crippen LogP contribution in [-0.2, 0) is 0 Å².